The van der Waals surface area contributed by atoms with Crippen LogP contribution in [-0.4, -0.2) is 10.8 Å². The summed E-state index contributed by atoms with van der Waals surface area (Å²) in [5.41, 5.74) is 3.06. The van der Waals surface area contributed by atoms with Crippen molar-refractivity contribution in [3.05, 3.63) is 116 Å². The smallest absolute Gasteiger partial charge is 0.291 e. The second kappa shape index (κ2) is 7.92. The number of hydrogen-bond acceptors (Lipinski definition) is 3. The highest BCUT2D eigenvalue weighted by Gasteiger charge is 2.42. The summed E-state index contributed by atoms with van der Waals surface area (Å²) in [5.74, 6) is -0.684. The molecule has 5 rings (SSSR count). The van der Waals surface area contributed by atoms with Gasteiger partial charge in [-0.2, -0.15) is 0 Å². The fourth-order valence-electron chi connectivity index (χ4n) is 4.22. The average Bonchev–Trinajstić information content (AvgIpc) is 3.08. The van der Waals surface area contributed by atoms with Crippen LogP contribution in [0.5, 0.6) is 0 Å². The normalized spacial score (nSPS) is 15.4. The summed E-state index contributed by atoms with van der Waals surface area (Å²) in [6.45, 7) is 2.27. The van der Waals surface area contributed by atoms with Crippen molar-refractivity contribution in [2.45, 2.75) is 25.9 Å². The summed E-state index contributed by atoms with van der Waals surface area (Å²) in [6, 6.07) is 18.0. The Balaban J connectivity index is 1.70. The highest BCUT2D eigenvalue weighted by Crippen LogP contribution is 2.39. The molecule has 4 nitrogen and oxygen atoms in total. The Morgan fingerprint density at radius 3 is 2.34 bits per heavy atom. The van der Waals surface area contributed by atoms with Gasteiger partial charge >= 0.3 is 0 Å². The van der Waals surface area contributed by atoms with Crippen LogP contribution in [0.25, 0.3) is 11.0 Å². The van der Waals surface area contributed by atoms with E-state index in [-0.39, 0.29) is 29.5 Å². The maximum Gasteiger partial charge on any atom is 0.291 e. The van der Waals surface area contributed by atoms with Gasteiger partial charge in [-0.1, -0.05) is 54.9 Å². The number of hydrogen-bond donors (Lipinski definition) is 0. The van der Waals surface area contributed by atoms with Crippen LogP contribution in [0.15, 0.2) is 75.9 Å². The van der Waals surface area contributed by atoms with Crippen molar-refractivity contribution in [2.24, 2.45) is 0 Å². The first-order chi connectivity index (χ1) is 15.5. The minimum Gasteiger partial charge on any atom is -0.450 e. The fraction of sp³-hybridized carbons (Fsp3) is 0.154. The summed E-state index contributed by atoms with van der Waals surface area (Å²) >= 11 is 6.12. The molecule has 4 aromatic rings. The Bertz CT molecular complexity index is 1390. The standard InChI is InChI=1S/C26H19ClFNO3/c1-2-15-3-7-17(8-4-15)23-22-24(30)20-13-18(27)9-12-21(20)32-25(22)26(31)29(23)14-16-5-10-19(28)11-6-16/h3-13,23H,2,14H2,1H3/t23-/m0/s1. The number of rotatable bonds is 4. The average molecular weight is 448 g/mol. The molecular formula is C26H19ClFNO3. The van der Waals surface area contributed by atoms with Crippen LogP contribution < -0.4 is 5.43 Å². The molecule has 1 aliphatic rings. The van der Waals surface area contributed by atoms with Crippen LogP contribution >= 0.6 is 11.6 Å². The molecule has 0 fully saturated rings. The molecule has 0 N–H and O–H groups in total. The molecule has 0 spiro atoms. The van der Waals surface area contributed by atoms with Gasteiger partial charge in [0.15, 0.2) is 5.43 Å². The summed E-state index contributed by atoms with van der Waals surface area (Å²) in [7, 11) is 0. The van der Waals surface area contributed by atoms with Crippen LogP contribution in [0.3, 0.4) is 0 Å². The van der Waals surface area contributed by atoms with Gasteiger partial charge < -0.3 is 9.32 Å². The van der Waals surface area contributed by atoms with Gasteiger partial charge in [-0.25, -0.2) is 4.39 Å². The van der Waals surface area contributed by atoms with E-state index in [1.807, 2.05) is 24.3 Å². The molecule has 0 saturated heterocycles. The second-order valence-electron chi connectivity index (χ2n) is 7.87. The van der Waals surface area contributed by atoms with Crippen molar-refractivity contribution < 1.29 is 13.6 Å². The number of halogens is 2. The zero-order chi connectivity index (χ0) is 22.4. The molecule has 3 aromatic carbocycles. The van der Waals surface area contributed by atoms with E-state index in [1.54, 1.807) is 35.2 Å². The van der Waals surface area contributed by atoms with Crippen LogP contribution in [0.4, 0.5) is 4.39 Å². The third kappa shape index (κ3) is 3.39. The lowest BCUT2D eigenvalue weighted by Gasteiger charge is -2.25. The molecule has 160 valence electrons. The zero-order valence-corrected chi connectivity index (χ0v) is 18.0. The van der Waals surface area contributed by atoms with E-state index in [2.05, 4.69) is 6.92 Å². The first-order valence-corrected chi connectivity index (χ1v) is 10.7. The lowest BCUT2D eigenvalue weighted by Crippen LogP contribution is -2.29. The van der Waals surface area contributed by atoms with Gasteiger partial charge in [0, 0.05) is 11.6 Å². The van der Waals surface area contributed by atoms with E-state index in [1.165, 1.54) is 12.1 Å². The Morgan fingerprint density at radius 1 is 0.969 bits per heavy atom. The molecular weight excluding hydrogens is 429 g/mol. The quantitative estimate of drug-likeness (QED) is 0.391. The zero-order valence-electron chi connectivity index (χ0n) is 17.3. The Morgan fingerprint density at radius 2 is 1.66 bits per heavy atom. The molecule has 0 aliphatic carbocycles. The van der Waals surface area contributed by atoms with E-state index in [9.17, 15) is 14.0 Å². The number of amides is 1. The maximum absolute atomic E-state index is 13.5. The first kappa shape index (κ1) is 20.5. The minimum atomic E-state index is -0.618. The number of nitrogens with zero attached hydrogens (tertiary/aromatic N) is 1. The highest BCUT2D eigenvalue weighted by molar-refractivity contribution is 6.31. The van der Waals surface area contributed by atoms with Gasteiger partial charge in [0.1, 0.15) is 11.4 Å². The van der Waals surface area contributed by atoms with Gasteiger partial charge in [-0.15, -0.1) is 0 Å². The predicted octanol–water partition coefficient (Wildman–Crippen LogP) is 5.89. The van der Waals surface area contributed by atoms with E-state index >= 15 is 0 Å². The number of carbonyl (C=O) groups excluding carboxylic acids is 1. The third-order valence-electron chi connectivity index (χ3n) is 5.90. The molecule has 0 unspecified atom stereocenters. The van der Waals surface area contributed by atoms with Gasteiger partial charge in [0.05, 0.1) is 17.0 Å². The van der Waals surface area contributed by atoms with Crippen molar-refractivity contribution in [1.82, 2.24) is 4.90 Å². The van der Waals surface area contributed by atoms with Crippen molar-refractivity contribution in [1.29, 1.82) is 0 Å². The van der Waals surface area contributed by atoms with Crippen LogP contribution in [0, 0.1) is 5.82 Å². The molecule has 0 saturated carbocycles. The SMILES string of the molecule is CCc1ccc([C@H]2c3c(oc4ccc(Cl)cc4c3=O)C(=O)N2Cc2ccc(F)cc2)cc1. The summed E-state index contributed by atoms with van der Waals surface area (Å²) in [6.07, 6.45) is 0.880. The van der Waals surface area contributed by atoms with Crippen molar-refractivity contribution >= 4 is 28.5 Å². The fourth-order valence-corrected chi connectivity index (χ4v) is 4.40. The van der Waals surface area contributed by atoms with Gasteiger partial charge in [-0.05, 0) is 53.4 Å². The molecule has 1 atom stereocenters. The van der Waals surface area contributed by atoms with Gasteiger partial charge in [0.25, 0.3) is 5.91 Å². The topological polar surface area (TPSA) is 50.5 Å². The number of carbonyl (C=O) groups is 1. The van der Waals surface area contributed by atoms with E-state index in [4.69, 9.17) is 16.0 Å². The number of fused-ring (bicyclic) bond motifs is 2. The molecule has 0 bridgehead atoms. The van der Waals surface area contributed by atoms with E-state index in [0.29, 0.717) is 21.6 Å². The molecule has 2 heterocycles. The third-order valence-corrected chi connectivity index (χ3v) is 6.13. The summed E-state index contributed by atoms with van der Waals surface area (Å²) in [4.78, 5) is 28.6. The molecule has 1 aliphatic heterocycles. The molecule has 32 heavy (non-hydrogen) atoms. The maximum atomic E-state index is 13.5. The van der Waals surface area contributed by atoms with E-state index in [0.717, 1.165) is 23.1 Å². The molecule has 6 heteroatoms. The Hall–Kier alpha value is -3.44. The van der Waals surface area contributed by atoms with Crippen LogP contribution in [0.1, 0.15) is 45.8 Å². The summed E-state index contributed by atoms with van der Waals surface area (Å²) < 4.78 is 19.3. The molecule has 0 radical (unpaired) electrons. The monoisotopic (exact) mass is 447 g/mol. The lowest BCUT2D eigenvalue weighted by molar-refractivity contribution is 0.0714. The Kier molecular flexibility index (Phi) is 5.06. The Labute approximate surface area is 188 Å². The summed E-state index contributed by atoms with van der Waals surface area (Å²) in [5, 5.41) is 0.754. The number of aryl methyl sites for hydroxylation is 1. The van der Waals surface area contributed by atoms with Crippen molar-refractivity contribution in [3.63, 3.8) is 0 Å². The van der Waals surface area contributed by atoms with Crippen molar-refractivity contribution in [2.75, 3.05) is 0 Å². The first-order valence-electron chi connectivity index (χ1n) is 10.4. The van der Waals surface area contributed by atoms with Crippen LogP contribution in [0.2, 0.25) is 5.02 Å². The second-order valence-corrected chi connectivity index (χ2v) is 8.31. The molecule has 1 aromatic heterocycles. The van der Waals surface area contributed by atoms with Crippen molar-refractivity contribution in [3.8, 4) is 0 Å². The lowest BCUT2D eigenvalue weighted by atomic mass is 9.97. The minimum absolute atomic E-state index is 0.0384. The van der Waals surface area contributed by atoms with Gasteiger partial charge in [0.2, 0.25) is 5.76 Å². The van der Waals surface area contributed by atoms with Crippen LogP contribution in [-0.2, 0) is 13.0 Å². The largest absolute Gasteiger partial charge is 0.450 e. The van der Waals surface area contributed by atoms with Gasteiger partial charge in [-0.3, -0.25) is 9.59 Å². The highest BCUT2D eigenvalue weighted by atomic mass is 35.5. The molecule has 1 amide bonds. The predicted molar refractivity (Wildman–Crippen MR) is 121 cm³/mol. The number of benzene rings is 3. The van der Waals surface area contributed by atoms with E-state index < -0.39 is 6.04 Å².